The van der Waals surface area contributed by atoms with E-state index >= 15 is 0 Å². The zero-order chi connectivity index (χ0) is 25.7. The lowest BCUT2D eigenvalue weighted by Gasteiger charge is -2.58. The predicted molar refractivity (Wildman–Crippen MR) is 139 cm³/mol. The van der Waals surface area contributed by atoms with Crippen LogP contribution in [0, 0.1) is 50.5 Å². The van der Waals surface area contributed by atoms with E-state index in [2.05, 4.69) is 19.2 Å². The number of allylic oxidation sites excluding steroid dienone is 2. The summed E-state index contributed by atoms with van der Waals surface area (Å²) in [5.74, 6) is 1.54. The van der Waals surface area contributed by atoms with Crippen LogP contribution in [0.3, 0.4) is 0 Å². The van der Waals surface area contributed by atoms with Crippen LogP contribution in [0.2, 0.25) is 0 Å². The van der Waals surface area contributed by atoms with Crippen LogP contribution < -0.4 is 10.2 Å². The Kier molecular flexibility index (Phi) is 6.46. The molecule has 0 bridgehead atoms. The second-order valence-corrected chi connectivity index (χ2v) is 12.3. The molecule has 2 saturated carbocycles. The molecule has 7 atom stereocenters. The highest BCUT2D eigenvalue weighted by Crippen LogP contribution is 2.64. The molecule has 0 spiro atoms. The first kappa shape index (κ1) is 25.0. The summed E-state index contributed by atoms with van der Waals surface area (Å²) in [5, 5.41) is 14.8. The summed E-state index contributed by atoms with van der Waals surface area (Å²) in [4.78, 5) is 39.0. The Labute approximate surface area is 213 Å². The molecule has 0 aromatic heterocycles. The molecule has 1 amide bonds. The molecular weight excluding hydrogens is 454 g/mol. The van der Waals surface area contributed by atoms with E-state index in [0.29, 0.717) is 30.7 Å². The zero-order valence-electron chi connectivity index (χ0n) is 21.7. The maximum Gasteiger partial charge on any atom is 0.230 e. The molecule has 36 heavy (non-hydrogen) atoms. The van der Waals surface area contributed by atoms with Crippen molar-refractivity contribution in [1.82, 2.24) is 5.32 Å². The molecule has 2 unspecified atom stereocenters. The number of anilines is 1. The highest BCUT2D eigenvalue weighted by molar-refractivity contribution is 5.96. The molecule has 1 aromatic rings. The van der Waals surface area contributed by atoms with Gasteiger partial charge in [-0.1, -0.05) is 39.0 Å². The summed E-state index contributed by atoms with van der Waals surface area (Å²) in [6.07, 6.45) is 7.38. The average Bonchev–Trinajstić information content (AvgIpc) is 3.20. The van der Waals surface area contributed by atoms with Gasteiger partial charge in [-0.3, -0.25) is 19.7 Å². The van der Waals surface area contributed by atoms with E-state index in [1.807, 2.05) is 48.2 Å². The van der Waals surface area contributed by atoms with Crippen molar-refractivity contribution in [3.8, 4) is 0 Å². The quantitative estimate of drug-likeness (QED) is 0.452. The molecule has 1 N–H and O–H groups in total. The molecule has 1 aliphatic heterocycles. The van der Waals surface area contributed by atoms with E-state index in [1.165, 1.54) is 0 Å². The molecule has 3 aliphatic carbocycles. The number of carbonyl (C=O) groups is 2. The summed E-state index contributed by atoms with van der Waals surface area (Å²) < 4.78 is 0. The Morgan fingerprint density at radius 2 is 1.92 bits per heavy atom. The highest BCUT2D eigenvalue weighted by Gasteiger charge is 2.60. The maximum absolute atomic E-state index is 14.2. The van der Waals surface area contributed by atoms with Crippen molar-refractivity contribution in [3.63, 3.8) is 0 Å². The molecule has 4 aliphatic rings. The zero-order valence-corrected chi connectivity index (χ0v) is 21.7. The van der Waals surface area contributed by atoms with Gasteiger partial charge in [0, 0.05) is 59.1 Å². The van der Waals surface area contributed by atoms with E-state index in [1.54, 1.807) is 0 Å². The molecule has 0 radical (unpaired) electrons. The number of amides is 1. The second-order valence-electron chi connectivity index (χ2n) is 12.3. The Hall–Kier alpha value is -2.70. The van der Waals surface area contributed by atoms with Crippen LogP contribution in [-0.4, -0.2) is 36.2 Å². The minimum Gasteiger partial charge on any atom is -0.387 e. The number of benzene rings is 1. The van der Waals surface area contributed by atoms with Gasteiger partial charge in [0.05, 0.1) is 0 Å². The Balaban J connectivity index is 1.40. The first-order valence-electron chi connectivity index (χ1n) is 13.6. The van der Waals surface area contributed by atoms with Crippen molar-refractivity contribution < 1.29 is 14.5 Å². The molecule has 3 fully saturated rings. The van der Waals surface area contributed by atoms with Crippen molar-refractivity contribution >= 4 is 17.4 Å². The normalized spacial score (nSPS) is 36.0. The standard InChI is InChI=1S/C29H39N3O4/c1-19(18-32(35)36)17-31(20-7-5-4-6-8-20)27(34)25-10-9-23-22-16-30-26-15-21(33)11-13-29(26,3)24(22)12-14-28(23,25)2/h4-8,15,19,22-25,30H,9-14,16-18H2,1-3H3/t19?,22-,23-,24+,25?,28-,29+/m0/s1. The van der Waals surface area contributed by atoms with E-state index in [4.69, 9.17) is 0 Å². The molecule has 7 heteroatoms. The van der Waals surface area contributed by atoms with Crippen LogP contribution in [0.25, 0.3) is 0 Å². The number of nitrogens with one attached hydrogen (secondary N) is 1. The number of hydrogen-bond donors (Lipinski definition) is 1. The first-order chi connectivity index (χ1) is 17.1. The molecule has 7 nitrogen and oxygen atoms in total. The van der Waals surface area contributed by atoms with Crippen LogP contribution >= 0.6 is 0 Å². The fourth-order valence-electron chi connectivity index (χ4n) is 8.29. The Morgan fingerprint density at radius 1 is 1.17 bits per heavy atom. The first-order valence-corrected chi connectivity index (χ1v) is 13.6. The lowest BCUT2D eigenvalue weighted by atomic mass is 9.50. The van der Waals surface area contributed by atoms with Crippen molar-refractivity contribution in [2.75, 3.05) is 24.5 Å². The van der Waals surface area contributed by atoms with Gasteiger partial charge in [-0.2, -0.15) is 0 Å². The SMILES string of the molecule is CC(CN(C(=O)C1CC[C@H]2[C@@H]3CNC4=CC(=O)CC[C@]4(C)[C@@H]3CC[C@]12C)c1ccccc1)C[N+](=O)[O-]. The van der Waals surface area contributed by atoms with E-state index in [0.717, 1.165) is 50.0 Å². The van der Waals surface area contributed by atoms with Crippen LogP contribution in [0.15, 0.2) is 42.1 Å². The van der Waals surface area contributed by atoms with Gasteiger partial charge >= 0.3 is 0 Å². The summed E-state index contributed by atoms with van der Waals surface area (Å²) in [5.41, 5.74) is 1.89. The lowest BCUT2D eigenvalue weighted by molar-refractivity contribution is -0.486. The molecule has 5 rings (SSSR count). The smallest absolute Gasteiger partial charge is 0.230 e. The third-order valence-electron chi connectivity index (χ3n) is 10.2. The third-order valence-corrected chi connectivity index (χ3v) is 10.2. The summed E-state index contributed by atoms with van der Waals surface area (Å²) in [6.45, 7) is 7.60. The highest BCUT2D eigenvalue weighted by atomic mass is 16.6. The number of piperidine rings is 1. The molecule has 194 valence electrons. The maximum atomic E-state index is 14.2. The van der Waals surface area contributed by atoms with Crippen molar-refractivity contribution in [2.45, 2.75) is 59.3 Å². The van der Waals surface area contributed by atoms with Gasteiger partial charge in [-0.05, 0) is 67.4 Å². The van der Waals surface area contributed by atoms with Crippen molar-refractivity contribution in [3.05, 3.63) is 52.2 Å². The lowest BCUT2D eigenvalue weighted by Crippen LogP contribution is -2.57. The van der Waals surface area contributed by atoms with Crippen LogP contribution in [-0.2, 0) is 9.59 Å². The topological polar surface area (TPSA) is 92.6 Å². The van der Waals surface area contributed by atoms with Crippen LogP contribution in [0.5, 0.6) is 0 Å². The van der Waals surface area contributed by atoms with Gasteiger partial charge in [0.15, 0.2) is 5.78 Å². The average molecular weight is 494 g/mol. The molecule has 1 saturated heterocycles. The number of nitro groups is 1. The summed E-state index contributed by atoms with van der Waals surface area (Å²) in [6, 6.07) is 9.65. The number of nitrogens with zero attached hydrogens (tertiary/aromatic N) is 2. The monoisotopic (exact) mass is 493 g/mol. The molecule has 1 aromatic carbocycles. The van der Waals surface area contributed by atoms with E-state index < -0.39 is 0 Å². The third kappa shape index (κ3) is 4.14. The fourth-order valence-corrected chi connectivity index (χ4v) is 8.29. The second kappa shape index (κ2) is 9.31. The number of hydrogen-bond acceptors (Lipinski definition) is 5. The minimum absolute atomic E-state index is 0.0221. The molecular formula is C29H39N3O4. The number of carbonyl (C=O) groups excluding carboxylic acids is 2. The van der Waals surface area contributed by atoms with Crippen molar-refractivity contribution in [1.29, 1.82) is 0 Å². The number of ketones is 1. The number of para-hydroxylation sites is 1. The Morgan fingerprint density at radius 3 is 2.64 bits per heavy atom. The predicted octanol–water partition coefficient (Wildman–Crippen LogP) is 4.85. The van der Waals surface area contributed by atoms with Gasteiger partial charge in [0.25, 0.3) is 0 Å². The van der Waals surface area contributed by atoms with E-state index in [9.17, 15) is 19.7 Å². The summed E-state index contributed by atoms with van der Waals surface area (Å²) >= 11 is 0. The minimum atomic E-state index is -0.287. The van der Waals surface area contributed by atoms with E-state index in [-0.39, 0.29) is 45.8 Å². The van der Waals surface area contributed by atoms with Gasteiger partial charge in [0.1, 0.15) is 0 Å². The van der Waals surface area contributed by atoms with Gasteiger partial charge in [-0.25, -0.2) is 0 Å². The summed E-state index contributed by atoms with van der Waals surface area (Å²) in [7, 11) is 0. The Bertz CT molecular complexity index is 1070. The van der Waals surface area contributed by atoms with Crippen LogP contribution in [0.1, 0.15) is 59.3 Å². The van der Waals surface area contributed by atoms with Crippen LogP contribution in [0.4, 0.5) is 5.69 Å². The molecule has 1 heterocycles. The largest absolute Gasteiger partial charge is 0.387 e. The van der Waals surface area contributed by atoms with Gasteiger partial charge < -0.3 is 10.2 Å². The van der Waals surface area contributed by atoms with Gasteiger partial charge in [0.2, 0.25) is 12.5 Å². The van der Waals surface area contributed by atoms with Crippen molar-refractivity contribution in [2.24, 2.45) is 40.4 Å². The fraction of sp³-hybridized carbons (Fsp3) is 0.655. The number of rotatable bonds is 6. The van der Waals surface area contributed by atoms with Gasteiger partial charge in [-0.15, -0.1) is 0 Å². The number of fused-ring (bicyclic) bond motifs is 5.